The molecule has 1 aromatic rings. The molecule has 1 rings (SSSR count). The third kappa shape index (κ3) is 2.27. The highest BCUT2D eigenvalue weighted by atomic mass is 32.1. The molecule has 0 bridgehead atoms. The van der Waals surface area contributed by atoms with E-state index >= 15 is 0 Å². The molecule has 0 aromatic carbocycles. The van der Waals surface area contributed by atoms with Gasteiger partial charge in [-0.05, 0) is 6.92 Å². The van der Waals surface area contributed by atoms with E-state index < -0.39 is 0 Å². The summed E-state index contributed by atoms with van der Waals surface area (Å²) < 4.78 is 7.95. The molecule has 12 heavy (non-hydrogen) atoms. The average Bonchev–Trinajstić information content (AvgIpc) is 2.59. The van der Waals surface area contributed by atoms with Gasteiger partial charge in [0.25, 0.3) is 0 Å². The normalized spacial score (nSPS) is 11.8. The van der Waals surface area contributed by atoms with Crippen molar-refractivity contribution in [3.8, 4) is 11.8 Å². The van der Waals surface area contributed by atoms with Crippen LogP contribution in [0.1, 0.15) is 25.1 Å². The van der Waals surface area contributed by atoms with Crippen molar-refractivity contribution in [1.82, 2.24) is 14.2 Å². The van der Waals surface area contributed by atoms with Gasteiger partial charge in [0.15, 0.2) is 0 Å². The Bertz CT molecular complexity index is 271. The number of hydrogen-bond acceptors (Lipinski definition) is 5. The number of rotatable bonds is 3. The lowest BCUT2D eigenvalue weighted by atomic mass is 10.2. The second-order valence-electron chi connectivity index (χ2n) is 2.18. The topological polar surface area (TPSA) is 63.8 Å². The number of nitrogens with two attached hydrogens (primary N) is 1. The third-order valence-electron chi connectivity index (χ3n) is 1.42. The lowest BCUT2D eigenvalue weighted by Gasteiger charge is -2.07. The van der Waals surface area contributed by atoms with Gasteiger partial charge in [0.1, 0.15) is 0 Å². The van der Waals surface area contributed by atoms with Crippen molar-refractivity contribution in [2.75, 3.05) is 0 Å². The van der Waals surface area contributed by atoms with Gasteiger partial charge in [0.2, 0.25) is 0 Å². The summed E-state index contributed by atoms with van der Waals surface area (Å²) in [6.07, 6.45) is 2.37. The molecule has 3 N–H and O–H groups in total. The van der Waals surface area contributed by atoms with E-state index in [4.69, 9.17) is 5.84 Å². The maximum Gasteiger partial charge on any atom is 0.0935 e. The molecule has 0 fully saturated rings. The summed E-state index contributed by atoms with van der Waals surface area (Å²) in [5.41, 5.74) is 3.49. The van der Waals surface area contributed by atoms with Crippen LogP contribution < -0.4 is 11.3 Å². The Kier molecular flexibility index (Phi) is 3.67. The molecule has 1 unspecified atom stereocenters. The highest BCUT2D eigenvalue weighted by Gasteiger charge is 2.09. The predicted octanol–water partition coefficient (Wildman–Crippen LogP) is 0.456. The summed E-state index contributed by atoms with van der Waals surface area (Å²) in [5, 5.41) is 0. The van der Waals surface area contributed by atoms with Gasteiger partial charge in [-0.1, -0.05) is 0 Å². The quantitative estimate of drug-likeness (QED) is 0.405. The number of aromatic nitrogens is 2. The van der Waals surface area contributed by atoms with Crippen LogP contribution in [0.5, 0.6) is 0 Å². The highest BCUT2D eigenvalue weighted by molar-refractivity contribution is 6.99. The monoisotopic (exact) mass is 182 g/mol. The number of hydrogen-bond donors (Lipinski definition) is 2. The van der Waals surface area contributed by atoms with Gasteiger partial charge in [-0.2, -0.15) is 8.75 Å². The van der Waals surface area contributed by atoms with E-state index in [-0.39, 0.29) is 6.04 Å². The lowest BCUT2D eigenvalue weighted by molar-refractivity contribution is 0.557. The Morgan fingerprint density at radius 3 is 3.17 bits per heavy atom. The molecule has 64 valence electrons. The van der Waals surface area contributed by atoms with E-state index in [1.807, 2.05) is 0 Å². The van der Waals surface area contributed by atoms with Gasteiger partial charge in [-0.15, -0.1) is 11.8 Å². The molecule has 0 saturated carbocycles. The van der Waals surface area contributed by atoms with Crippen molar-refractivity contribution < 1.29 is 0 Å². The summed E-state index contributed by atoms with van der Waals surface area (Å²) in [5.74, 6) is 11.1. The Hall–Kier alpha value is -0.960. The molecule has 1 heterocycles. The van der Waals surface area contributed by atoms with Crippen LogP contribution in [0.2, 0.25) is 0 Å². The second kappa shape index (κ2) is 4.83. The molecule has 0 saturated heterocycles. The molecule has 0 aliphatic carbocycles. The molecule has 5 heteroatoms. The first-order valence-electron chi connectivity index (χ1n) is 3.51. The summed E-state index contributed by atoms with van der Waals surface area (Å²) in [6, 6.07) is -0.00352. The molecule has 1 aromatic heterocycles. The number of nitrogens with zero attached hydrogens (tertiary/aromatic N) is 2. The van der Waals surface area contributed by atoms with Crippen LogP contribution >= 0.6 is 11.7 Å². The predicted molar refractivity (Wildman–Crippen MR) is 48.0 cm³/mol. The van der Waals surface area contributed by atoms with E-state index in [2.05, 4.69) is 26.0 Å². The SMILES string of the molecule is CC#CCC(NN)c1cnsn1. The van der Waals surface area contributed by atoms with Gasteiger partial charge in [0.05, 0.1) is 29.7 Å². The Labute approximate surface area is 75.5 Å². The average molecular weight is 182 g/mol. The smallest absolute Gasteiger partial charge is 0.0935 e. The summed E-state index contributed by atoms with van der Waals surface area (Å²) in [6.45, 7) is 1.80. The summed E-state index contributed by atoms with van der Waals surface area (Å²) >= 11 is 1.17. The standard InChI is InChI=1S/C7H10N4S/c1-2-3-4-6(10-8)7-5-9-12-11-7/h5-6,10H,4,8H2,1H3. The van der Waals surface area contributed by atoms with Gasteiger partial charge in [-0.3, -0.25) is 11.3 Å². The fourth-order valence-electron chi connectivity index (χ4n) is 0.778. The molecule has 0 aliphatic rings. The number of nitrogens with one attached hydrogen (secondary N) is 1. The summed E-state index contributed by atoms with van der Waals surface area (Å²) in [4.78, 5) is 0. The minimum Gasteiger partial charge on any atom is -0.271 e. The van der Waals surface area contributed by atoms with E-state index in [0.717, 1.165) is 5.69 Å². The molecule has 1 atom stereocenters. The second-order valence-corrected chi connectivity index (χ2v) is 2.74. The van der Waals surface area contributed by atoms with Gasteiger partial charge < -0.3 is 0 Å². The van der Waals surface area contributed by atoms with Crippen molar-refractivity contribution in [2.45, 2.75) is 19.4 Å². The highest BCUT2D eigenvalue weighted by Crippen LogP contribution is 2.12. The van der Waals surface area contributed by atoms with Crippen LogP contribution in [-0.2, 0) is 0 Å². The Morgan fingerprint density at radius 2 is 2.67 bits per heavy atom. The molecule has 0 radical (unpaired) electrons. The van der Waals surface area contributed by atoms with Crippen LogP contribution in [-0.4, -0.2) is 8.75 Å². The van der Waals surface area contributed by atoms with Crippen LogP contribution in [0.3, 0.4) is 0 Å². The maximum absolute atomic E-state index is 5.32. The third-order valence-corrected chi connectivity index (χ3v) is 1.91. The molecule has 0 amide bonds. The van der Waals surface area contributed by atoms with Crippen molar-refractivity contribution >= 4 is 11.7 Å². The minimum absolute atomic E-state index is 0.00352. The van der Waals surface area contributed by atoms with E-state index in [1.54, 1.807) is 13.1 Å². The van der Waals surface area contributed by atoms with Gasteiger partial charge in [-0.25, -0.2) is 0 Å². The zero-order valence-electron chi connectivity index (χ0n) is 6.74. The van der Waals surface area contributed by atoms with Crippen LogP contribution in [0.25, 0.3) is 0 Å². The maximum atomic E-state index is 5.32. The number of hydrazine groups is 1. The summed E-state index contributed by atoms with van der Waals surface area (Å²) in [7, 11) is 0. The minimum atomic E-state index is -0.00352. The first kappa shape index (κ1) is 9.13. The Balaban J connectivity index is 2.61. The van der Waals surface area contributed by atoms with Crippen molar-refractivity contribution in [3.63, 3.8) is 0 Å². The lowest BCUT2D eigenvalue weighted by Crippen LogP contribution is -2.27. The van der Waals surface area contributed by atoms with Crippen molar-refractivity contribution in [3.05, 3.63) is 11.9 Å². The van der Waals surface area contributed by atoms with Crippen molar-refractivity contribution in [1.29, 1.82) is 0 Å². The molecule has 0 spiro atoms. The van der Waals surface area contributed by atoms with Crippen LogP contribution in [0, 0.1) is 11.8 Å². The van der Waals surface area contributed by atoms with Crippen LogP contribution in [0.15, 0.2) is 6.20 Å². The fraction of sp³-hybridized carbons (Fsp3) is 0.429. The van der Waals surface area contributed by atoms with E-state index in [0.29, 0.717) is 6.42 Å². The fourth-order valence-corrected chi connectivity index (χ4v) is 1.25. The Morgan fingerprint density at radius 1 is 1.83 bits per heavy atom. The zero-order chi connectivity index (χ0) is 8.81. The molecule has 4 nitrogen and oxygen atoms in total. The van der Waals surface area contributed by atoms with Gasteiger partial charge in [0, 0.05) is 6.42 Å². The largest absolute Gasteiger partial charge is 0.271 e. The molecule has 0 aliphatic heterocycles. The molecular weight excluding hydrogens is 172 g/mol. The first-order valence-corrected chi connectivity index (χ1v) is 4.24. The van der Waals surface area contributed by atoms with E-state index in [9.17, 15) is 0 Å². The zero-order valence-corrected chi connectivity index (χ0v) is 7.56. The first-order chi connectivity index (χ1) is 5.88. The van der Waals surface area contributed by atoms with E-state index in [1.165, 1.54) is 11.7 Å². The van der Waals surface area contributed by atoms with Crippen LogP contribution in [0.4, 0.5) is 0 Å². The van der Waals surface area contributed by atoms with Gasteiger partial charge >= 0.3 is 0 Å². The molecular formula is C7H10N4S. The van der Waals surface area contributed by atoms with Crippen molar-refractivity contribution in [2.24, 2.45) is 5.84 Å².